The Morgan fingerprint density at radius 1 is 1.42 bits per heavy atom. The van der Waals surface area contributed by atoms with Crippen molar-refractivity contribution in [2.24, 2.45) is 0 Å². The predicted octanol–water partition coefficient (Wildman–Crippen LogP) is 1.52. The molecule has 2 amide bonds. The van der Waals surface area contributed by atoms with Gasteiger partial charge in [0, 0.05) is 19.4 Å². The van der Waals surface area contributed by atoms with E-state index in [1.807, 2.05) is 0 Å². The van der Waals surface area contributed by atoms with Gasteiger partial charge < -0.3 is 4.74 Å². The van der Waals surface area contributed by atoms with Crippen LogP contribution in [0.15, 0.2) is 24.5 Å². The molecule has 0 fully saturated rings. The minimum atomic E-state index is -0.658. The highest BCUT2D eigenvalue weighted by molar-refractivity contribution is 5.80. The van der Waals surface area contributed by atoms with Crippen LogP contribution in [0.5, 0.6) is 0 Å². The fraction of sp³-hybridized carbons (Fsp3) is 0.462. The molecule has 1 aromatic rings. The number of hydrogen-bond donors (Lipinski definition) is 1. The Kier molecular flexibility index (Phi) is 4.86. The van der Waals surface area contributed by atoms with Crippen LogP contribution in [-0.4, -0.2) is 34.6 Å². The molecule has 19 heavy (non-hydrogen) atoms. The zero-order valence-corrected chi connectivity index (χ0v) is 11.6. The third kappa shape index (κ3) is 5.85. The molecule has 0 aliphatic carbocycles. The molecule has 0 saturated heterocycles. The molecule has 104 valence electrons. The van der Waals surface area contributed by atoms with Gasteiger partial charge in [-0.25, -0.2) is 10.2 Å². The first-order valence-electron chi connectivity index (χ1n) is 5.93. The molecule has 0 radical (unpaired) electrons. The minimum absolute atomic E-state index is 0.167. The van der Waals surface area contributed by atoms with E-state index in [2.05, 4.69) is 10.4 Å². The van der Waals surface area contributed by atoms with Crippen LogP contribution in [0.2, 0.25) is 0 Å². The van der Waals surface area contributed by atoms with Crippen molar-refractivity contribution in [3.63, 3.8) is 0 Å². The Bertz CT molecular complexity index is 440. The van der Waals surface area contributed by atoms with Crippen molar-refractivity contribution in [3.05, 3.63) is 30.1 Å². The third-order valence-corrected chi connectivity index (χ3v) is 2.11. The molecule has 1 aromatic heterocycles. The molecule has 1 N–H and O–H groups in total. The molecule has 0 saturated carbocycles. The number of aromatic nitrogens is 1. The topological polar surface area (TPSA) is 71.5 Å². The summed E-state index contributed by atoms with van der Waals surface area (Å²) < 4.78 is 5.05. The number of rotatable bonds is 2. The molecule has 0 aliphatic rings. The maximum atomic E-state index is 11.8. The van der Waals surface area contributed by atoms with Gasteiger partial charge in [-0.05, 0) is 32.4 Å². The number of nitrogens with one attached hydrogen (secondary N) is 1. The minimum Gasteiger partial charge on any atom is -0.443 e. The van der Waals surface area contributed by atoms with E-state index < -0.39 is 11.7 Å². The summed E-state index contributed by atoms with van der Waals surface area (Å²) >= 11 is 0. The van der Waals surface area contributed by atoms with Gasteiger partial charge in [-0.15, -0.1) is 0 Å². The molecule has 0 spiro atoms. The van der Waals surface area contributed by atoms with Crippen molar-refractivity contribution in [2.75, 3.05) is 7.05 Å². The highest BCUT2D eigenvalue weighted by Gasteiger charge is 2.19. The Morgan fingerprint density at radius 2 is 2.11 bits per heavy atom. The number of nitrogens with zero attached hydrogens (tertiary/aromatic N) is 2. The van der Waals surface area contributed by atoms with Gasteiger partial charge in [0.25, 0.3) is 0 Å². The second-order valence-corrected chi connectivity index (χ2v) is 5.10. The predicted molar refractivity (Wildman–Crippen MR) is 70.1 cm³/mol. The van der Waals surface area contributed by atoms with Crippen LogP contribution in [-0.2, 0) is 16.0 Å². The normalized spacial score (nSPS) is 10.7. The van der Waals surface area contributed by atoms with Crippen LogP contribution >= 0.6 is 0 Å². The molecule has 0 aromatic carbocycles. The summed E-state index contributed by atoms with van der Waals surface area (Å²) in [5, 5.41) is 1.11. The molecule has 0 atom stereocenters. The van der Waals surface area contributed by atoms with E-state index in [-0.39, 0.29) is 12.3 Å². The average molecular weight is 265 g/mol. The van der Waals surface area contributed by atoms with Gasteiger partial charge in [0.2, 0.25) is 5.91 Å². The highest BCUT2D eigenvalue weighted by atomic mass is 16.6. The van der Waals surface area contributed by atoms with Crippen molar-refractivity contribution in [2.45, 2.75) is 32.8 Å². The van der Waals surface area contributed by atoms with Crippen LogP contribution in [0.4, 0.5) is 4.79 Å². The van der Waals surface area contributed by atoms with Gasteiger partial charge in [0.05, 0.1) is 6.42 Å². The van der Waals surface area contributed by atoms with Crippen LogP contribution in [0.1, 0.15) is 26.3 Å². The molecule has 1 heterocycles. The summed E-state index contributed by atoms with van der Waals surface area (Å²) in [6.45, 7) is 5.26. The maximum absolute atomic E-state index is 11.8. The molecular weight excluding hydrogens is 246 g/mol. The first kappa shape index (κ1) is 14.9. The standard InChI is InChI=1S/C13H19N3O3/c1-13(2,3)19-12(18)15-16(4)11(17)8-10-6-5-7-14-9-10/h5-7,9H,8H2,1-4H3,(H,15,18). The van der Waals surface area contributed by atoms with Crippen LogP contribution in [0.25, 0.3) is 0 Å². The second kappa shape index (κ2) is 6.17. The largest absolute Gasteiger partial charge is 0.443 e. The maximum Gasteiger partial charge on any atom is 0.426 e. The number of carbonyl (C=O) groups is 2. The fourth-order valence-corrected chi connectivity index (χ4v) is 1.30. The Hall–Kier alpha value is -2.11. The van der Waals surface area contributed by atoms with E-state index in [9.17, 15) is 9.59 Å². The van der Waals surface area contributed by atoms with Crippen molar-refractivity contribution >= 4 is 12.0 Å². The molecule has 0 bridgehead atoms. The number of pyridine rings is 1. The van der Waals surface area contributed by atoms with Crippen molar-refractivity contribution in [1.29, 1.82) is 0 Å². The summed E-state index contributed by atoms with van der Waals surface area (Å²) in [4.78, 5) is 27.3. The van der Waals surface area contributed by atoms with Crippen molar-refractivity contribution in [3.8, 4) is 0 Å². The number of ether oxygens (including phenoxy) is 1. The van der Waals surface area contributed by atoms with Gasteiger partial charge in [0.15, 0.2) is 0 Å². The second-order valence-electron chi connectivity index (χ2n) is 5.10. The lowest BCUT2D eigenvalue weighted by Gasteiger charge is -2.23. The van der Waals surface area contributed by atoms with E-state index in [1.165, 1.54) is 7.05 Å². The lowest BCUT2D eigenvalue weighted by molar-refractivity contribution is -0.131. The highest BCUT2D eigenvalue weighted by Crippen LogP contribution is 2.06. The van der Waals surface area contributed by atoms with Gasteiger partial charge in [-0.1, -0.05) is 6.07 Å². The first-order chi connectivity index (χ1) is 8.78. The van der Waals surface area contributed by atoms with E-state index >= 15 is 0 Å². The van der Waals surface area contributed by atoms with Gasteiger partial charge >= 0.3 is 6.09 Å². The summed E-state index contributed by atoms with van der Waals surface area (Å²) in [5.41, 5.74) is 2.54. The van der Waals surface area contributed by atoms with Gasteiger partial charge in [-0.2, -0.15) is 0 Å². The molecule has 0 unspecified atom stereocenters. The average Bonchev–Trinajstić information content (AvgIpc) is 2.27. The van der Waals surface area contributed by atoms with E-state index in [0.717, 1.165) is 10.6 Å². The van der Waals surface area contributed by atoms with E-state index in [1.54, 1.807) is 45.3 Å². The number of hydrogen-bond acceptors (Lipinski definition) is 4. The molecule has 6 heteroatoms. The number of hydrazine groups is 1. The van der Waals surface area contributed by atoms with Crippen LogP contribution < -0.4 is 5.43 Å². The number of likely N-dealkylation sites (N-methyl/N-ethyl adjacent to an activating group) is 1. The Morgan fingerprint density at radius 3 is 2.63 bits per heavy atom. The van der Waals surface area contributed by atoms with E-state index in [4.69, 9.17) is 4.74 Å². The third-order valence-electron chi connectivity index (χ3n) is 2.11. The number of amides is 2. The van der Waals surface area contributed by atoms with Crippen LogP contribution in [0, 0.1) is 0 Å². The smallest absolute Gasteiger partial charge is 0.426 e. The number of carbonyl (C=O) groups excluding carboxylic acids is 2. The summed E-state index contributed by atoms with van der Waals surface area (Å²) in [6.07, 6.45) is 2.75. The van der Waals surface area contributed by atoms with Gasteiger partial charge in [-0.3, -0.25) is 14.8 Å². The molecule has 1 rings (SSSR count). The summed E-state index contributed by atoms with van der Waals surface area (Å²) in [5.74, 6) is -0.251. The molecule has 0 aliphatic heterocycles. The Labute approximate surface area is 112 Å². The molecular formula is C13H19N3O3. The van der Waals surface area contributed by atoms with Gasteiger partial charge in [0.1, 0.15) is 5.60 Å². The van der Waals surface area contributed by atoms with Crippen LogP contribution in [0.3, 0.4) is 0 Å². The monoisotopic (exact) mass is 265 g/mol. The quantitative estimate of drug-likeness (QED) is 0.823. The Balaban J connectivity index is 2.47. The summed E-state index contributed by atoms with van der Waals surface area (Å²) in [6, 6.07) is 3.55. The lowest BCUT2D eigenvalue weighted by Crippen LogP contribution is -2.46. The SMILES string of the molecule is CN(NC(=O)OC(C)(C)C)C(=O)Cc1cccnc1. The van der Waals surface area contributed by atoms with Crippen molar-refractivity contribution in [1.82, 2.24) is 15.4 Å². The zero-order chi connectivity index (χ0) is 14.5. The first-order valence-corrected chi connectivity index (χ1v) is 5.93. The fourth-order valence-electron chi connectivity index (χ4n) is 1.30. The molecule has 6 nitrogen and oxygen atoms in total. The summed E-state index contributed by atoms with van der Waals surface area (Å²) in [7, 11) is 1.47. The lowest BCUT2D eigenvalue weighted by atomic mass is 10.2. The zero-order valence-electron chi connectivity index (χ0n) is 11.6. The van der Waals surface area contributed by atoms with Crippen molar-refractivity contribution < 1.29 is 14.3 Å². The van der Waals surface area contributed by atoms with E-state index in [0.29, 0.717) is 0 Å².